The molecule has 0 bridgehead atoms. The molecule has 1 atom stereocenters. The Hall–Kier alpha value is -1.69. The molecule has 3 rings (SSSR count). The number of aryl methyl sites for hydroxylation is 1. The number of hydrogen-bond donors (Lipinski definition) is 2. The Bertz CT molecular complexity index is 754. The third-order valence-electron chi connectivity index (χ3n) is 3.31. The lowest BCUT2D eigenvalue weighted by Gasteiger charge is -2.16. The van der Waals surface area contributed by atoms with Crippen LogP contribution in [0.15, 0.2) is 51.7 Å². The van der Waals surface area contributed by atoms with Crippen LogP contribution >= 0.6 is 15.9 Å². The van der Waals surface area contributed by atoms with E-state index >= 15 is 0 Å². The topological polar surface area (TPSA) is 64.1 Å². The van der Waals surface area contributed by atoms with Crippen LogP contribution in [0, 0.1) is 6.92 Å². The Morgan fingerprint density at radius 1 is 1.25 bits per heavy atom. The maximum Gasteiger partial charge on any atom is 0.174 e. The van der Waals surface area contributed by atoms with Crippen molar-refractivity contribution in [3.8, 4) is 0 Å². The van der Waals surface area contributed by atoms with Crippen molar-refractivity contribution in [2.24, 2.45) is 5.84 Å². The quantitative estimate of drug-likeness (QED) is 0.570. The summed E-state index contributed by atoms with van der Waals surface area (Å²) in [7, 11) is 0. The highest BCUT2D eigenvalue weighted by Gasteiger charge is 2.17. The monoisotopic (exact) mass is 331 g/mol. The molecule has 2 aromatic heterocycles. The van der Waals surface area contributed by atoms with Gasteiger partial charge >= 0.3 is 0 Å². The molecule has 0 aliphatic rings. The standard InChI is InChI=1S/C15H14BrN3O/c1-9-2-3-10-8-11(4-5-13(10)18-9)14(19-17)12-6-7-20-15(12)16/h2-8,14,19H,17H2,1H3. The third-order valence-corrected chi connectivity index (χ3v) is 3.95. The molecule has 0 spiro atoms. The molecule has 0 aliphatic carbocycles. The van der Waals surface area contributed by atoms with Gasteiger partial charge in [0.25, 0.3) is 0 Å². The van der Waals surface area contributed by atoms with Crippen LogP contribution in [0.25, 0.3) is 10.9 Å². The second kappa shape index (κ2) is 5.36. The van der Waals surface area contributed by atoms with Gasteiger partial charge in [-0.2, -0.15) is 0 Å². The van der Waals surface area contributed by atoms with Gasteiger partial charge in [-0.1, -0.05) is 12.1 Å². The molecule has 102 valence electrons. The Morgan fingerprint density at radius 2 is 2.10 bits per heavy atom. The van der Waals surface area contributed by atoms with E-state index in [2.05, 4.69) is 38.5 Å². The molecular weight excluding hydrogens is 318 g/mol. The van der Waals surface area contributed by atoms with E-state index < -0.39 is 0 Å². The van der Waals surface area contributed by atoms with Gasteiger partial charge < -0.3 is 4.42 Å². The smallest absolute Gasteiger partial charge is 0.174 e. The van der Waals surface area contributed by atoms with Crippen molar-refractivity contribution in [3.05, 3.63) is 64.2 Å². The maximum atomic E-state index is 5.70. The summed E-state index contributed by atoms with van der Waals surface area (Å²) in [6.07, 6.45) is 1.63. The Kier molecular flexibility index (Phi) is 3.56. The second-order valence-electron chi connectivity index (χ2n) is 4.65. The molecule has 1 aromatic carbocycles. The average Bonchev–Trinajstić information content (AvgIpc) is 2.86. The summed E-state index contributed by atoms with van der Waals surface area (Å²) in [4.78, 5) is 4.50. The molecule has 0 saturated heterocycles. The number of pyridine rings is 1. The number of rotatable bonds is 3. The molecule has 0 amide bonds. The normalized spacial score (nSPS) is 12.8. The average molecular weight is 332 g/mol. The Morgan fingerprint density at radius 3 is 2.80 bits per heavy atom. The highest BCUT2D eigenvalue weighted by Crippen LogP contribution is 2.30. The summed E-state index contributed by atoms with van der Waals surface area (Å²) < 4.78 is 5.96. The van der Waals surface area contributed by atoms with Crippen molar-refractivity contribution < 1.29 is 4.42 Å². The first-order chi connectivity index (χ1) is 9.69. The first-order valence-corrected chi connectivity index (χ1v) is 7.04. The molecule has 0 fully saturated rings. The molecule has 0 saturated carbocycles. The van der Waals surface area contributed by atoms with E-state index in [0.717, 1.165) is 27.7 Å². The number of aromatic nitrogens is 1. The van der Waals surface area contributed by atoms with Crippen LogP contribution < -0.4 is 11.3 Å². The number of nitrogens with zero attached hydrogens (tertiary/aromatic N) is 1. The number of benzene rings is 1. The van der Waals surface area contributed by atoms with Gasteiger partial charge in [0.05, 0.1) is 17.8 Å². The van der Waals surface area contributed by atoms with Crippen molar-refractivity contribution in [3.63, 3.8) is 0 Å². The molecule has 3 aromatic rings. The fourth-order valence-corrected chi connectivity index (χ4v) is 2.77. The largest absolute Gasteiger partial charge is 0.457 e. The molecule has 2 heterocycles. The minimum atomic E-state index is -0.131. The van der Waals surface area contributed by atoms with Crippen LogP contribution in [0.1, 0.15) is 22.9 Å². The summed E-state index contributed by atoms with van der Waals surface area (Å²) in [5, 5.41) is 1.09. The fourth-order valence-electron chi connectivity index (χ4n) is 2.30. The third kappa shape index (κ3) is 2.35. The summed E-state index contributed by atoms with van der Waals surface area (Å²) in [5.41, 5.74) is 6.85. The molecule has 0 radical (unpaired) electrons. The van der Waals surface area contributed by atoms with Gasteiger partial charge in [0.15, 0.2) is 4.67 Å². The maximum absolute atomic E-state index is 5.70. The summed E-state index contributed by atoms with van der Waals surface area (Å²) in [6.45, 7) is 1.99. The molecule has 3 N–H and O–H groups in total. The Balaban J connectivity index is 2.08. The van der Waals surface area contributed by atoms with Crippen LogP contribution in [-0.2, 0) is 0 Å². The van der Waals surface area contributed by atoms with Gasteiger partial charge in [-0.3, -0.25) is 10.8 Å². The second-order valence-corrected chi connectivity index (χ2v) is 5.37. The van der Waals surface area contributed by atoms with E-state index in [4.69, 9.17) is 10.3 Å². The number of fused-ring (bicyclic) bond motifs is 1. The number of nitrogens with two attached hydrogens (primary N) is 1. The van der Waals surface area contributed by atoms with Crippen molar-refractivity contribution >= 4 is 26.8 Å². The SMILES string of the molecule is Cc1ccc2cc(C(NN)c3ccoc3Br)ccc2n1. The van der Waals surface area contributed by atoms with Gasteiger partial charge in [0.2, 0.25) is 0 Å². The number of hydrazine groups is 1. The highest BCUT2D eigenvalue weighted by atomic mass is 79.9. The van der Waals surface area contributed by atoms with Crippen LogP contribution in [0.5, 0.6) is 0 Å². The zero-order valence-electron chi connectivity index (χ0n) is 10.9. The fraction of sp³-hybridized carbons (Fsp3) is 0.133. The lowest BCUT2D eigenvalue weighted by atomic mass is 10.00. The van der Waals surface area contributed by atoms with E-state index in [9.17, 15) is 0 Å². The highest BCUT2D eigenvalue weighted by molar-refractivity contribution is 9.10. The predicted octanol–water partition coefficient (Wildman–Crippen LogP) is 3.45. The van der Waals surface area contributed by atoms with Gasteiger partial charge in [-0.05, 0) is 52.7 Å². The van der Waals surface area contributed by atoms with Crippen molar-refractivity contribution in [1.82, 2.24) is 10.4 Å². The van der Waals surface area contributed by atoms with E-state index in [1.807, 2.05) is 31.2 Å². The van der Waals surface area contributed by atoms with Gasteiger partial charge in [0.1, 0.15) is 0 Å². The minimum Gasteiger partial charge on any atom is -0.457 e. The zero-order valence-corrected chi connectivity index (χ0v) is 12.5. The molecule has 20 heavy (non-hydrogen) atoms. The lowest BCUT2D eigenvalue weighted by Crippen LogP contribution is -2.28. The van der Waals surface area contributed by atoms with E-state index in [1.165, 1.54) is 0 Å². The van der Waals surface area contributed by atoms with Crippen LogP contribution in [0.4, 0.5) is 0 Å². The number of furan rings is 1. The molecule has 0 aliphatic heterocycles. The number of hydrogen-bond acceptors (Lipinski definition) is 4. The van der Waals surface area contributed by atoms with E-state index in [1.54, 1.807) is 6.26 Å². The van der Waals surface area contributed by atoms with Gasteiger partial charge in [-0.25, -0.2) is 5.43 Å². The van der Waals surface area contributed by atoms with Crippen LogP contribution in [-0.4, -0.2) is 4.98 Å². The first-order valence-electron chi connectivity index (χ1n) is 6.25. The first kappa shape index (κ1) is 13.3. The zero-order chi connectivity index (χ0) is 14.1. The Labute approximate surface area is 125 Å². The lowest BCUT2D eigenvalue weighted by molar-refractivity contribution is 0.527. The van der Waals surface area contributed by atoms with E-state index in [0.29, 0.717) is 4.67 Å². The number of nitrogens with one attached hydrogen (secondary N) is 1. The molecule has 4 nitrogen and oxygen atoms in total. The van der Waals surface area contributed by atoms with Gasteiger partial charge in [-0.15, -0.1) is 0 Å². The summed E-state index contributed by atoms with van der Waals surface area (Å²) in [6, 6.07) is 12.0. The minimum absolute atomic E-state index is 0.131. The van der Waals surface area contributed by atoms with Crippen LogP contribution in [0.3, 0.4) is 0 Å². The molecule has 1 unspecified atom stereocenters. The molecule has 5 heteroatoms. The van der Waals surface area contributed by atoms with Crippen LogP contribution in [0.2, 0.25) is 0 Å². The predicted molar refractivity (Wildman–Crippen MR) is 82.1 cm³/mol. The number of halogens is 1. The van der Waals surface area contributed by atoms with Crippen molar-refractivity contribution in [2.45, 2.75) is 13.0 Å². The summed E-state index contributed by atoms with van der Waals surface area (Å²) >= 11 is 3.39. The van der Waals surface area contributed by atoms with Crippen molar-refractivity contribution in [1.29, 1.82) is 0 Å². The van der Waals surface area contributed by atoms with E-state index in [-0.39, 0.29) is 6.04 Å². The van der Waals surface area contributed by atoms with Gasteiger partial charge in [0, 0.05) is 16.6 Å². The molecular formula is C15H14BrN3O. The van der Waals surface area contributed by atoms with Crippen molar-refractivity contribution in [2.75, 3.05) is 0 Å². The summed E-state index contributed by atoms with van der Waals surface area (Å²) in [5.74, 6) is 5.70.